The maximum atomic E-state index is 13.0. The van der Waals surface area contributed by atoms with Crippen molar-refractivity contribution in [2.75, 3.05) is 13.7 Å². The van der Waals surface area contributed by atoms with Gasteiger partial charge in [-0.1, -0.05) is 0 Å². The second kappa shape index (κ2) is 10.1. The first kappa shape index (κ1) is 23.9. The fraction of sp³-hybridized carbons (Fsp3) is 0.682. The Kier molecular flexibility index (Phi) is 8.06. The van der Waals surface area contributed by atoms with Crippen molar-refractivity contribution in [1.29, 1.82) is 0 Å². The number of nitrogens with zero attached hydrogens (tertiary/aromatic N) is 1. The number of ether oxygens (including phenoxy) is 3. The van der Waals surface area contributed by atoms with Crippen molar-refractivity contribution in [1.82, 2.24) is 4.57 Å². The summed E-state index contributed by atoms with van der Waals surface area (Å²) in [6, 6.07) is 0.0282. The van der Waals surface area contributed by atoms with Crippen LogP contribution in [0.3, 0.4) is 0 Å². The van der Waals surface area contributed by atoms with Crippen molar-refractivity contribution < 1.29 is 28.9 Å². The Bertz CT molecular complexity index is 801. The van der Waals surface area contributed by atoms with Crippen LogP contribution < -0.4 is 5.56 Å². The van der Waals surface area contributed by atoms with Gasteiger partial charge in [0.15, 0.2) is 0 Å². The molecule has 0 bridgehead atoms. The van der Waals surface area contributed by atoms with E-state index >= 15 is 0 Å². The van der Waals surface area contributed by atoms with Gasteiger partial charge in [0.1, 0.15) is 23.0 Å². The average Bonchev–Trinajstić information content (AvgIpc) is 2.66. The lowest BCUT2D eigenvalue weighted by molar-refractivity contribution is -0.160. The van der Waals surface area contributed by atoms with Gasteiger partial charge < -0.3 is 23.9 Å². The highest BCUT2D eigenvalue weighted by Gasteiger charge is 2.32. The van der Waals surface area contributed by atoms with Crippen LogP contribution in [0.2, 0.25) is 0 Å². The molecule has 168 valence electrons. The van der Waals surface area contributed by atoms with Crippen LogP contribution in [0, 0.1) is 5.92 Å². The lowest BCUT2D eigenvalue weighted by atomic mass is 9.83. The maximum Gasteiger partial charge on any atom is 0.343 e. The SMILES string of the molecule is CCOC(=O)c1cn(C(C[C@H]2CC[C@H](OC)CC2)C(=O)OC(C)(C)C)c(=O)cc1O. The van der Waals surface area contributed by atoms with Gasteiger partial charge in [-0.25, -0.2) is 9.59 Å². The minimum absolute atomic E-state index is 0.121. The minimum Gasteiger partial charge on any atom is -0.507 e. The zero-order valence-electron chi connectivity index (χ0n) is 18.5. The van der Waals surface area contributed by atoms with Crippen LogP contribution in [-0.4, -0.2) is 47.0 Å². The lowest BCUT2D eigenvalue weighted by Crippen LogP contribution is -2.36. The minimum atomic E-state index is -0.908. The van der Waals surface area contributed by atoms with E-state index in [1.165, 1.54) is 10.8 Å². The summed E-state index contributed by atoms with van der Waals surface area (Å²) in [6.07, 6.45) is 5.34. The first-order chi connectivity index (χ1) is 14.1. The molecular formula is C22H33NO7. The Labute approximate surface area is 177 Å². The van der Waals surface area contributed by atoms with Crippen molar-refractivity contribution in [3.8, 4) is 5.75 Å². The molecule has 0 amide bonds. The van der Waals surface area contributed by atoms with Crippen LogP contribution in [0.4, 0.5) is 0 Å². The molecule has 8 heteroatoms. The lowest BCUT2D eigenvalue weighted by Gasteiger charge is -2.31. The molecule has 1 heterocycles. The van der Waals surface area contributed by atoms with E-state index in [1.54, 1.807) is 34.8 Å². The molecule has 0 aliphatic heterocycles. The number of carbonyl (C=O) groups is 2. The Morgan fingerprint density at radius 3 is 2.40 bits per heavy atom. The smallest absolute Gasteiger partial charge is 0.343 e. The number of esters is 2. The Morgan fingerprint density at radius 1 is 1.23 bits per heavy atom. The van der Waals surface area contributed by atoms with Crippen LogP contribution in [0.5, 0.6) is 5.75 Å². The van der Waals surface area contributed by atoms with Crippen molar-refractivity contribution in [3.63, 3.8) is 0 Å². The quantitative estimate of drug-likeness (QED) is 0.672. The van der Waals surface area contributed by atoms with E-state index in [0.29, 0.717) is 6.42 Å². The van der Waals surface area contributed by atoms with Crippen LogP contribution in [0.15, 0.2) is 17.1 Å². The van der Waals surface area contributed by atoms with Crippen LogP contribution in [-0.2, 0) is 19.0 Å². The Hall–Kier alpha value is -2.35. The van der Waals surface area contributed by atoms with Gasteiger partial charge in [-0.05, 0) is 65.7 Å². The van der Waals surface area contributed by atoms with Gasteiger partial charge in [0, 0.05) is 19.4 Å². The van der Waals surface area contributed by atoms with Crippen LogP contribution in [0.1, 0.15) is 76.2 Å². The van der Waals surface area contributed by atoms with Gasteiger partial charge in [0.05, 0.1) is 12.7 Å². The topological polar surface area (TPSA) is 104 Å². The largest absolute Gasteiger partial charge is 0.507 e. The maximum absolute atomic E-state index is 13.0. The zero-order valence-corrected chi connectivity index (χ0v) is 18.5. The van der Waals surface area contributed by atoms with Crippen molar-refractivity contribution >= 4 is 11.9 Å². The molecule has 1 aromatic rings. The molecule has 1 unspecified atom stereocenters. The summed E-state index contributed by atoms with van der Waals surface area (Å²) in [5, 5.41) is 10.1. The monoisotopic (exact) mass is 423 g/mol. The standard InChI is InChI=1S/C22H33NO7/c1-6-29-20(26)16-13-23(19(25)12-18(16)24)17(21(27)30-22(2,3)4)11-14-7-9-15(28-5)10-8-14/h12-15,17,24H,6-11H2,1-5H3/t14-,15-,17?. The fourth-order valence-corrected chi connectivity index (χ4v) is 3.76. The molecule has 0 aromatic carbocycles. The van der Waals surface area contributed by atoms with Gasteiger partial charge in [-0.15, -0.1) is 0 Å². The summed E-state index contributed by atoms with van der Waals surface area (Å²) < 4.78 is 17.1. The fourth-order valence-electron chi connectivity index (χ4n) is 3.76. The number of pyridine rings is 1. The third-order valence-electron chi connectivity index (χ3n) is 5.25. The molecule has 1 aliphatic carbocycles. The highest BCUT2D eigenvalue weighted by atomic mass is 16.6. The molecule has 8 nitrogen and oxygen atoms in total. The third kappa shape index (κ3) is 6.32. The highest BCUT2D eigenvalue weighted by Crippen LogP contribution is 2.33. The molecular weight excluding hydrogens is 390 g/mol. The number of aromatic nitrogens is 1. The van der Waals surface area contributed by atoms with E-state index in [1.807, 2.05) is 0 Å². The Morgan fingerprint density at radius 2 is 1.87 bits per heavy atom. The number of hydrogen-bond acceptors (Lipinski definition) is 7. The molecule has 1 aromatic heterocycles. The number of carbonyl (C=O) groups excluding carboxylic acids is 2. The number of methoxy groups -OCH3 is 1. The van der Waals surface area contributed by atoms with Crippen molar-refractivity contribution in [2.45, 2.75) is 77.5 Å². The van der Waals surface area contributed by atoms with Crippen LogP contribution in [0.25, 0.3) is 0 Å². The summed E-state index contributed by atoms with van der Waals surface area (Å²) >= 11 is 0. The summed E-state index contributed by atoms with van der Waals surface area (Å²) in [6.45, 7) is 7.04. The van der Waals surface area contributed by atoms with Gasteiger partial charge >= 0.3 is 11.9 Å². The average molecular weight is 424 g/mol. The zero-order chi connectivity index (χ0) is 22.5. The molecule has 1 atom stereocenters. The summed E-state index contributed by atoms with van der Waals surface area (Å²) in [4.78, 5) is 37.8. The first-order valence-electron chi connectivity index (χ1n) is 10.4. The first-order valence-corrected chi connectivity index (χ1v) is 10.4. The highest BCUT2D eigenvalue weighted by molar-refractivity contribution is 5.92. The molecule has 1 fully saturated rings. The van der Waals surface area contributed by atoms with E-state index in [0.717, 1.165) is 31.7 Å². The molecule has 0 spiro atoms. The molecule has 1 aliphatic rings. The van der Waals surface area contributed by atoms with E-state index in [9.17, 15) is 19.5 Å². The second-order valence-corrected chi connectivity index (χ2v) is 8.70. The predicted molar refractivity (Wildman–Crippen MR) is 111 cm³/mol. The molecule has 1 N–H and O–H groups in total. The van der Waals surface area contributed by atoms with E-state index < -0.39 is 34.9 Å². The van der Waals surface area contributed by atoms with E-state index in [4.69, 9.17) is 14.2 Å². The molecule has 2 rings (SSSR count). The summed E-state index contributed by atoms with van der Waals surface area (Å²) in [7, 11) is 1.70. The molecule has 0 saturated heterocycles. The van der Waals surface area contributed by atoms with Crippen LogP contribution >= 0.6 is 0 Å². The number of aromatic hydroxyl groups is 1. The summed E-state index contributed by atoms with van der Waals surface area (Å²) in [5.41, 5.74) is -1.47. The number of hydrogen-bond donors (Lipinski definition) is 1. The molecule has 30 heavy (non-hydrogen) atoms. The third-order valence-corrected chi connectivity index (χ3v) is 5.25. The van der Waals surface area contributed by atoms with Gasteiger partial charge in [-0.3, -0.25) is 4.79 Å². The van der Waals surface area contributed by atoms with Crippen molar-refractivity contribution in [2.24, 2.45) is 5.92 Å². The van der Waals surface area contributed by atoms with Gasteiger partial charge in [0.25, 0.3) is 5.56 Å². The van der Waals surface area contributed by atoms with Gasteiger partial charge in [-0.2, -0.15) is 0 Å². The van der Waals surface area contributed by atoms with Gasteiger partial charge in [0.2, 0.25) is 0 Å². The molecule has 1 saturated carbocycles. The molecule has 0 radical (unpaired) electrons. The normalized spacial score (nSPS) is 20.4. The summed E-state index contributed by atoms with van der Waals surface area (Å²) in [5.74, 6) is -1.56. The Balaban J connectivity index is 2.38. The predicted octanol–water partition coefficient (Wildman–Crippen LogP) is 3.21. The van der Waals surface area contributed by atoms with E-state index in [-0.39, 0.29) is 24.2 Å². The second-order valence-electron chi connectivity index (χ2n) is 8.70. The van der Waals surface area contributed by atoms with E-state index in [2.05, 4.69) is 0 Å². The number of rotatable bonds is 7. The van der Waals surface area contributed by atoms with Crippen molar-refractivity contribution in [3.05, 3.63) is 28.2 Å².